The van der Waals surface area contributed by atoms with Gasteiger partial charge in [0.15, 0.2) is 11.6 Å². The molecule has 138 valence electrons. The van der Waals surface area contributed by atoms with E-state index in [1.807, 2.05) is 19.0 Å². The number of pyridine rings is 1. The van der Waals surface area contributed by atoms with Crippen molar-refractivity contribution in [2.24, 2.45) is 5.92 Å². The standard InChI is InChI=1S/C19H25FN6/c1-24(2)18-19(23-8-7-22-18)26-10-5-14-4-9-25(17(14)13-26)12-15-3-6-21-11-16(15)20/h3,6-8,11,14,17H,4-5,9-10,12-13H2,1-2H3. The molecule has 0 aromatic carbocycles. The smallest absolute Gasteiger partial charge is 0.172 e. The molecule has 0 amide bonds. The SMILES string of the molecule is CN(C)c1nccnc1N1CCC2CCN(Cc3ccncc3F)C2C1. The van der Waals surface area contributed by atoms with Crippen LogP contribution in [0.15, 0.2) is 30.9 Å². The maximum Gasteiger partial charge on any atom is 0.172 e. The maximum absolute atomic E-state index is 14.0. The molecule has 0 N–H and O–H groups in total. The first-order valence-corrected chi connectivity index (χ1v) is 9.19. The van der Waals surface area contributed by atoms with Crippen LogP contribution in [0.3, 0.4) is 0 Å². The van der Waals surface area contributed by atoms with Gasteiger partial charge in [0, 0.05) is 63.9 Å². The summed E-state index contributed by atoms with van der Waals surface area (Å²) in [5.41, 5.74) is 0.728. The van der Waals surface area contributed by atoms with Crippen molar-refractivity contribution in [3.8, 4) is 0 Å². The van der Waals surface area contributed by atoms with Crippen molar-refractivity contribution in [2.45, 2.75) is 25.4 Å². The highest BCUT2D eigenvalue weighted by Crippen LogP contribution is 2.35. The average molecular weight is 356 g/mol. The summed E-state index contributed by atoms with van der Waals surface area (Å²) in [6.07, 6.45) is 8.80. The lowest BCUT2D eigenvalue weighted by molar-refractivity contribution is 0.198. The Hall–Kier alpha value is -2.28. The Kier molecular flexibility index (Phi) is 4.72. The fourth-order valence-corrected chi connectivity index (χ4v) is 4.23. The predicted octanol–water partition coefficient (Wildman–Crippen LogP) is 2.18. The fraction of sp³-hybridized carbons (Fsp3) is 0.526. The molecule has 2 aromatic heterocycles. The fourth-order valence-electron chi connectivity index (χ4n) is 4.23. The monoisotopic (exact) mass is 356 g/mol. The van der Waals surface area contributed by atoms with Crippen LogP contribution in [0.25, 0.3) is 0 Å². The van der Waals surface area contributed by atoms with Gasteiger partial charge in [-0.1, -0.05) is 0 Å². The average Bonchev–Trinajstić information content (AvgIpc) is 3.05. The van der Waals surface area contributed by atoms with Crippen LogP contribution in [0.2, 0.25) is 0 Å². The van der Waals surface area contributed by atoms with E-state index >= 15 is 0 Å². The van der Waals surface area contributed by atoms with Crippen molar-refractivity contribution in [1.82, 2.24) is 19.9 Å². The molecular formula is C19H25FN6. The van der Waals surface area contributed by atoms with Crippen LogP contribution in [0, 0.1) is 11.7 Å². The van der Waals surface area contributed by atoms with Crippen molar-refractivity contribution >= 4 is 11.6 Å². The van der Waals surface area contributed by atoms with Gasteiger partial charge >= 0.3 is 0 Å². The minimum absolute atomic E-state index is 0.215. The number of anilines is 2. The zero-order valence-corrected chi connectivity index (χ0v) is 15.3. The normalized spacial score (nSPS) is 23.1. The number of nitrogens with zero attached hydrogens (tertiary/aromatic N) is 6. The third-order valence-electron chi connectivity index (χ3n) is 5.59. The molecule has 4 heterocycles. The van der Waals surface area contributed by atoms with Gasteiger partial charge in [-0.15, -0.1) is 0 Å². The number of likely N-dealkylation sites (tertiary alicyclic amines) is 1. The second-order valence-corrected chi connectivity index (χ2v) is 7.39. The summed E-state index contributed by atoms with van der Waals surface area (Å²) in [7, 11) is 3.99. The number of piperidine rings is 1. The number of hydrogen-bond donors (Lipinski definition) is 0. The van der Waals surface area contributed by atoms with Gasteiger partial charge in [-0.2, -0.15) is 0 Å². The van der Waals surface area contributed by atoms with Gasteiger partial charge in [-0.25, -0.2) is 14.4 Å². The number of fused-ring (bicyclic) bond motifs is 1. The molecule has 6 nitrogen and oxygen atoms in total. The van der Waals surface area contributed by atoms with E-state index in [0.29, 0.717) is 18.5 Å². The van der Waals surface area contributed by atoms with E-state index in [9.17, 15) is 4.39 Å². The first kappa shape index (κ1) is 17.1. The molecule has 2 aliphatic heterocycles. The molecule has 2 fully saturated rings. The van der Waals surface area contributed by atoms with E-state index in [2.05, 4.69) is 24.8 Å². The van der Waals surface area contributed by atoms with E-state index < -0.39 is 0 Å². The van der Waals surface area contributed by atoms with E-state index in [1.54, 1.807) is 24.7 Å². The van der Waals surface area contributed by atoms with Crippen LogP contribution in [0.1, 0.15) is 18.4 Å². The molecule has 0 radical (unpaired) electrons. The van der Waals surface area contributed by atoms with Crippen molar-refractivity contribution in [3.63, 3.8) is 0 Å². The Morgan fingerprint density at radius 1 is 1.15 bits per heavy atom. The Morgan fingerprint density at radius 2 is 1.96 bits per heavy atom. The lowest BCUT2D eigenvalue weighted by atomic mass is 9.92. The Morgan fingerprint density at radius 3 is 2.77 bits per heavy atom. The van der Waals surface area contributed by atoms with Gasteiger partial charge < -0.3 is 9.80 Å². The van der Waals surface area contributed by atoms with Crippen LogP contribution in [0.5, 0.6) is 0 Å². The maximum atomic E-state index is 14.0. The Bertz CT molecular complexity index is 767. The van der Waals surface area contributed by atoms with Gasteiger partial charge in [0.25, 0.3) is 0 Å². The van der Waals surface area contributed by atoms with Gasteiger partial charge in [0.05, 0.1) is 6.20 Å². The van der Waals surface area contributed by atoms with Crippen LogP contribution < -0.4 is 9.80 Å². The summed E-state index contributed by atoms with van der Waals surface area (Å²) in [5.74, 6) is 2.30. The molecule has 2 aromatic rings. The summed E-state index contributed by atoms with van der Waals surface area (Å²) in [6.45, 7) is 3.57. The number of hydrogen-bond acceptors (Lipinski definition) is 6. The summed E-state index contributed by atoms with van der Waals surface area (Å²) in [6, 6.07) is 2.21. The van der Waals surface area contributed by atoms with Gasteiger partial charge in [-0.05, 0) is 31.4 Å². The highest BCUT2D eigenvalue weighted by Gasteiger charge is 2.39. The molecule has 0 bridgehead atoms. The highest BCUT2D eigenvalue weighted by molar-refractivity contribution is 5.61. The van der Waals surface area contributed by atoms with E-state index in [0.717, 1.165) is 43.3 Å². The number of rotatable bonds is 4. The zero-order valence-electron chi connectivity index (χ0n) is 15.3. The lowest BCUT2D eigenvalue weighted by Crippen LogP contribution is -2.48. The lowest BCUT2D eigenvalue weighted by Gasteiger charge is -2.39. The second-order valence-electron chi connectivity index (χ2n) is 7.39. The molecule has 4 rings (SSSR count). The summed E-state index contributed by atoms with van der Waals surface area (Å²) < 4.78 is 14.0. The van der Waals surface area contributed by atoms with Crippen molar-refractivity contribution in [1.29, 1.82) is 0 Å². The minimum atomic E-state index is -0.215. The largest absolute Gasteiger partial charge is 0.360 e. The van der Waals surface area contributed by atoms with Crippen molar-refractivity contribution in [3.05, 3.63) is 42.2 Å². The summed E-state index contributed by atoms with van der Waals surface area (Å²) in [4.78, 5) is 19.7. The predicted molar refractivity (Wildman–Crippen MR) is 99.7 cm³/mol. The molecule has 2 unspecified atom stereocenters. The Balaban J connectivity index is 1.53. The summed E-state index contributed by atoms with van der Waals surface area (Å²) in [5, 5.41) is 0. The van der Waals surface area contributed by atoms with Crippen molar-refractivity contribution < 1.29 is 4.39 Å². The van der Waals surface area contributed by atoms with Crippen molar-refractivity contribution in [2.75, 3.05) is 43.5 Å². The van der Waals surface area contributed by atoms with Gasteiger partial charge in [0.2, 0.25) is 0 Å². The topological polar surface area (TPSA) is 48.4 Å². The molecule has 2 atom stereocenters. The zero-order chi connectivity index (χ0) is 18.1. The van der Waals surface area contributed by atoms with Gasteiger partial charge in [0.1, 0.15) is 5.82 Å². The van der Waals surface area contributed by atoms with E-state index in [4.69, 9.17) is 0 Å². The third kappa shape index (κ3) is 3.23. The first-order chi connectivity index (χ1) is 12.6. The van der Waals surface area contributed by atoms with Gasteiger partial charge in [-0.3, -0.25) is 9.88 Å². The molecular weight excluding hydrogens is 331 g/mol. The molecule has 26 heavy (non-hydrogen) atoms. The minimum Gasteiger partial charge on any atom is -0.360 e. The molecule has 0 spiro atoms. The first-order valence-electron chi connectivity index (χ1n) is 9.19. The second kappa shape index (κ2) is 7.15. The van der Waals surface area contributed by atoms with Crippen LogP contribution in [0.4, 0.5) is 16.0 Å². The summed E-state index contributed by atoms with van der Waals surface area (Å²) >= 11 is 0. The molecule has 0 aliphatic carbocycles. The molecule has 7 heteroatoms. The highest BCUT2D eigenvalue weighted by atomic mass is 19.1. The molecule has 2 saturated heterocycles. The van der Waals surface area contributed by atoms with Crippen LogP contribution in [-0.2, 0) is 6.54 Å². The van der Waals surface area contributed by atoms with E-state index in [-0.39, 0.29) is 5.82 Å². The van der Waals surface area contributed by atoms with Crippen LogP contribution >= 0.6 is 0 Å². The quantitative estimate of drug-likeness (QED) is 0.837. The van der Waals surface area contributed by atoms with E-state index in [1.165, 1.54) is 12.6 Å². The number of aromatic nitrogens is 3. The molecule has 2 aliphatic rings. The Labute approximate surface area is 153 Å². The third-order valence-corrected chi connectivity index (χ3v) is 5.59. The number of halogens is 1. The molecule has 0 saturated carbocycles. The van der Waals surface area contributed by atoms with Crippen LogP contribution in [-0.4, -0.2) is 59.6 Å².